The molecule has 1 aliphatic heterocycles. The molecule has 0 spiro atoms. The molecule has 0 unspecified atom stereocenters. The number of hydrogen-bond donors (Lipinski definition) is 2. The lowest BCUT2D eigenvalue weighted by Crippen LogP contribution is -2.54. The standard InChI is InChI=1S/C30H37N5O3/c1-2-38-30(37)33-25-15-9-10-16-26(25)35-21-32-27(28(35)23-13-7-4-8-14-23)29(36)34-18-17-31-20-24(34)19-22-11-5-3-6-12-22/h3-8,11-14,21,24-26,31H,2,9-10,15-20H2,1H3,(H,33,37)/t24-,25-,26+/m1/s1. The number of piperazine rings is 1. The van der Waals surface area contributed by atoms with Gasteiger partial charge in [0.2, 0.25) is 0 Å². The summed E-state index contributed by atoms with van der Waals surface area (Å²) in [6, 6.07) is 20.3. The predicted molar refractivity (Wildman–Crippen MR) is 147 cm³/mol. The van der Waals surface area contributed by atoms with Gasteiger partial charge in [-0.05, 0) is 31.7 Å². The van der Waals surface area contributed by atoms with Crippen LogP contribution in [0.3, 0.4) is 0 Å². The van der Waals surface area contributed by atoms with Crippen LogP contribution in [0.4, 0.5) is 4.79 Å². The number of carbonyl (C=O) groups is 2. The number of nitrogens with one attached hydrogen (secondary N) is 2. The zero-order valence-corrected chi connectivity index (χ0v) is 22.0. The molecular weight excluding hydrogens is 478 g/mol. The number of amides is 2. The van der Waals surface area contributed by atoms with Gasteiger partial charge in [0.1, 0.15) is 0 Å². The van der Waals surface area contributed by atoms with Gasteiger partial charge in [0, 0.05) is 31.2 Å². The summed E-state index contributed by atoms with van der Waals surface area (Å²) >= 11 is 0. The molecule has 0 bridgehead atoms. The summed E-state index contributed by atoms with van der Waals surface area (Å²) < 4.78 is 7.30. The van der Waals surface area contributed by atoms with E-state index in [0.29, 0.717) is 18.8 Å². The molecule has 0 radical (unpaired) electrons. The van der Waals surface area contributed by atoms with Crippen molar-refractivity contribution >= 4 is 12.0 Å². The first kappa shape index (κ1) is 26.0. The Bertz CT molecular complexity index is 1210. The first-order valence-corrected chi connectivity index (χ1v) is 13.8. The molecule has 1 aliphatic carbocycles. The number of hydrogen-bond acceptors (Lipinski definition) is 5. The summed E-state index contributed by atoms with van der Waals surface area (Å²) in [6.45, 7) is 4.27. The molecule has 2 heterocycles. The highest BCUT2D eigenvalue weighted by atomic mass is 16.5. The average molecular weight is 516 g/mol. The molecular formula is C30H37N5O3. The summed E-state index contributed by atoms with van der Waals surface area (Å²) in [4.78, 5) is 33.2. The highest BCUT2D eigenvalue weighted by Gasteiger charge is 2.35. The number of benzene rings is 2. The normalized spacial score (nSPS) is 21.6. The first-order valence-electron chi connectivity index (χ1n) is 13.8. The number of alkyl carbamates (subject to hydrolysis) is 1. The third-order valence-electron chi connectivity index (χ3n) is 7.63. The van der Waals surface area contributed by atoms with Crippen molar-refractivity contribution in [2.24, 2.45) is 0 Å². The van der Waals surface area contributed by atoms with Gasteiger partial charge in [0.25, 0.3) is 5.91 Å². The molecule has 38 heavy (non-hydrogen) atoms. The minimum absolute atomic E-state index is 0.0134. The van der Waals surface area contributed by atoms with Gasteiger partial charge in [0.15, 0.2) is 5.69 Å². The van der Waals surface area contributed by atoms with Gasteiger partial charge in [-0.1, -0.05) is 73.5 Å². The largest absolute Gasteiger partial charge is 0.450 e. The molecule has 2 aromatic carbocycles. The quantitative estimate of drug-likeness (QED) is 0.486. The molecule has 1 aromatic heterocycles. The predicted octanol–water partition coefficient (Wildman–Crippen LogP) is 4.44. The van der Waals surface area contributed by atoms with Crippen molar-refractivity contribution < 1.29 is 14.3 Å². The second-order valence-electron chi connectivity index (χ2n) is 10.1. The fourth-order valence-corrected chi connectivity index (χ4v) is 5.82. The zero-order valence-electron chi connectivity index (χ0n) is 22.0. The Balaban J connectivity index is 1.49. The van der Waals surface area contributed by atoms with Crippen molar-refractivity contribution in [1.29, 1.82) is 0 Å². The highest BCUT2D eigenvalue weighted by molar-refractivity contribution is 5.98. The molecule has 2 amide bonds. The Kier molecular flexibility index (Phi) is 8.38. The monoisotopic (exact) mass is 515 g/mol. The molecule has 1 saturated carbocycles. The molecule has 3 atom stereocenters. The third-order valence-corrected chi connectivity index (χ3v) is 7.63. The molecule has 200 valence electrons. The van der Waals surface area contributed by atoms with Crippen molar-refractivity contribution in [2.45, 2.75) is 57.2 Å². The second kappa shape index (κ2) is 12.3. The molecule has 8 nitrogen and oxygen atoms in total. The van der Waals surface area contributed by atoms with Crippen molar-refractivity contribution in [1.82, 2.24) is 25.1 Å². The molecule has 8 heteroatoms. The summed E-state index contributed by atoms with van der Waals surface area (Å²) in [7, 11) is 0. The van der Waals surface area contributed by atoms with Crippen LogP contribution in [0.2, 0.25) is 0 Å². The maximum atomic E-state index is 14.2. The summed E-state index contributed by atoms with van der Waals surface area (Å²) in [6.07, 6.45) is 6.03. The van der Waals surface area contributed by atoms with Gasteiger partial charge in [-0.15, -0.1) is 0 Å². The summed E-state index contributed by atoms with van der Waals surface area (Å²) in [5, 5.41) is 6.53. The van der Waals surface area contributed by atoms with E-state index in [1.165, 1.54) is 5.56 Å². The van der Waals surface area contributed by atoms with E-state index in [9.17, 15) is 9.59 Å². The van der Waals surface area contributed by atoms with Crippen LogP contribution < -0.4 is 10.6 Å². The SMILES string of the molecule is CCOC(=O)N[C@@H]1CCCC[C@@H]1n1cnc(C(=O)N2CCNC[C@H]2Cc2ccccc2)c1-c1ccccc1. The lowest BCUT2D eigenvalue weighted by atomic mass is 9.89. The van der Waals surface area contributed by atoms with Crippen LogP contribution in [0, 0.1) is 0 Å². The number of ether oxygens (including phenoxy) is 1. The fourth-order valence-electron chi connectivity index (χ4n) is 5.82. The topological polar surface area (TPSA) is 88.5 Å². The van der Waals surface area contributed by atoms with E-state index >= 15 is 0 Å². The van der Waals surface area contributed by atoms with Gasteiger partial charge in [-0.3, -0.25) is 4.79 Å². The van der Waals surface area contributed by atoms with Crippen LogP contribution in [-0.2, 0) is 11.2 Å². The van der Waals surface area contributed by atoms with Crippen LogP contribution in [0.25, 0.3) is 11.3 Å². The van der Waals surface area contributed by atoms with Crippen LogP contribution in [0.15, 0.2) is 67.0 Å². The first-order chi connectivity index (χ1) is 18.7. The van der Waals surface area contributed by atoms with E-state index < -0.39 is 6.09 Å². The minimum atomic E-state index is -0.397. The number of aromatic nitrogens is 2. The second-order valence-corrected chi connectivity index (χ2v) is 10.1. The lowest BCUT2D eigenvalue weighted by Gasteiger charge is -2.36. The lowest BCUT2D eigenvalue weighted by molar-refractivity contribution is 0.0631. The molecule has 2 fully saturated rings. The maximum absolute atomic E-state index is 14.2. The maximum Gasteiger partial charge on any atom is 0.407 e. The van der Waals surface area contributed by atoms with Crippen molar-refractivity contribution in [3.8, 4) is 11.3 Å². The smallest absolute Gasteiger partial charge is 0.407 e. The van der Waals surface area contributed by atoms with Crippen LogP contribution in [-0.4, -0.2) is 64.8 Å². The van der Waals surface area contributed by atoms with Gasteiger partial charge in [0.05, 0.1) is 30.7 Å². The fraction of sp³-hybridized carbons (Fsp3) is 0.433. The van der Waals surface area contributed by atoms with E-state index in [0.717, 1.165) is 56.5 Å². The van der Waals surface area contributed by atoms with E-state index in [1.807, 2.05) is 53.4 Å². The molecule has 5 rings (SSSR count). The minimum Gasteiger partial charge on any atom is -0.450 e. The zero-order chi connectivity index (χ0) is 26.3. The Labute approximate surface area is 224 Å². The van der Waals surface area contributed by atoms with Crippen LogP contribution >= 0.6 is 0 Å². The van der Waals surface area contributed by atoms with Crippen molar-refractivity contribution in [3.63, 3.8) is 0 Å². The van der Waals surface area contributed by atoms with Gasteiger partial charge >= 0.3 is 6.09 Å². The Morgan fingerprint density at radius 3 is 2.55 bits per heavy atom. The Morgan fingerprint density at radius 2 is 1.79 bits per heavy atom. The summed E-state index contributed by atoms with van der Waals surface area (Å²) in [5.41, 5.74) is 3.44. The van der Waals surface area contributed by atoms with Crippen molar-refractivity contribution in [3.05, 3.63) is 78.2 Å². The molecule has 3 aromatic rings. The number of rotatable bonds is 7. The van der Waals surface area contributed by atoms with Crippen molar-refractivity contribution in [2.75, 3.05) is 26.2 Å². The Hall–Kier alpha value is -3.65. The van der Waals surface area contributed by atoms with Gasteiger partial charge in [-0.2, -0.15) is 0 Å². The molecule has 1 saturated heterocycles. The van der Waals surface area contributed by atoms with E-state index in [2.05, 4.69) is 27.3 Å². The molecule has 2 N–H and O–H groups in total. The highest BCUT2D eigenvalue weighted by Crippen LogP contribution is 2.35. The number of carbonyl (C=O) groups excluding carboxylic acids is 2. The van der Waals surface area contributed by atoms with Crippen LogP contribution in [0.5, 0.6) is 0 Å². The average Bonchev–Trinajstić information content (AvgIpc) is 3.39. The van der Waals surface area contributed by atoms with Gasteiger partial charge < -0.3 is 24.8 Å². The van der Waals surface area contributed by atoms with Gasteiger partial charge in [-0.25, -0.2) is 9.78 Å². The van der Waals surface area contributed by atoms with E-state index in [4.69, 9.17) is 9.72 Å². The van der Waals surface area contributed by atoms with E-state index in [-0.39, 0.29) is 24.0 Å². The number of imidazole rings is 1. The molecule has 2 aliphatic rings. The third kappa shape index (κ3) is 5.75. The Morgan fingerprint density at radius 1 is 1.05 bits per heavy atom. The van der Waals surface area contributed by atoms with E-state index in [1.54, 1.807) is 13.3 Å². The van der Waals surface area contributed by atoms with Crippen LogP contribution in [0.1, 0.15) is 54.7 Å². The summed E-state index contributed by atoms with van der Waals surface area (Å²) in [5.74, 6) is -0.0456. The number of nitrogens with zero attached hydrogens (tertiary/aromatic N) is 3.